The summed E-state index contributed by atoms with van der Waals surface area (Å²) in [6.45, 7) is 4.25. The van der Waals surface area contributed by atoms with Crippen LogP contribution in [-0.2, 0) is 20.7 Å². The number of nitrogens with zero attached hydrogens (tertiary/aromatic N) is 3. The van der Waals surface area contributed by atoms with Gasteiger partial charge in [0, 0.05) is 43.0 Å². The molecule has 172 valence electrons. The number of amides is 1. The first-order chi connectivity index (χ1) is 16.0. The third-order valence-corrected chi connectivity index (χ3v) is 6.90. The van der Waals surface area contributed by atoms with Gasteiger partial charge in [0.25, 0.3) is 5.91 Å². The van der Waals surface area contributed by atoms with Gasteiger partial charge in [0.1, 0.15) is 11.4 Å². The SMILES string of the molecule is Cc1ccc(C(=O)N[C@@]2(C(=O)Cc3ccc(N4CCOCCC4=NC#N)cc3)CCOC2)s1. The van der Waals surface area contributed by atoms with Gasteiger partial charge in [-0.3, -0.25) is 9.59 Å². The summed E-state index contributed by atoms with van der Waals surface area (Å²) < 4.78 is 11.0. The number of carbonyl (C=O) groups excluding carboxylic acids is 2. The summed E-state index contributed by atoms with van der Waals surface area (Å²) in [5.74, 6) is 0.367. The van der Waals surface area contributed by atoms with Crippen LogP contribution >= 0.6 is 11.3 Å². The van der Waals surface area contributed by atoms with Crippen molar-refractivity contribution < 1.29 is 19.1 Å². The van der Waals surface area contributed by atoms with Crippen molar-refractivity contribution in [3.8, 4) is 6.19 Å². The Balaban J connectivity index is 1.47. The average molecular weight is 467 g/mol. The van der Waals surface area contributed by atoms with E-state index >= 15 is 0 Å². The van der Waals surface area contributed by atoms with E-state index in [0.717, 1.165) is 16.1 Å². The van der Waals surface area contributed by atoms with E-state index in [1.807, 2.05) is 48.3 Å². The molecule has 4 rings (SSSR count). The Morgan fingerprint density at radius 2 is 2.00 bits per heavy atom. The minimum Gasteiger partial charge on any atom is -0.379 e. The molecule has 9 heteroatoms. The Labute approximate surface area is 196 Å². The van der Waals surface area contributed by atoms with Crippen molar-refractivity contribution in [1.82, 2.24) is 5.32 Å². The molecule has 2 aromatic rings. The summed E-state index contributed by atoms with van der Waals surface area (Å²) in [6, 6.07) is 11.3. The largest absolute Gasteiger partial charge is 0.379 e. The maximum Gasteiger partial charge on any atom is 0.262 e. The number of nitriles is 1. The minimum atomic E-state index is -1.01. The molecule has 0 unspecified atom stereocenters. The number of ketones is 1. The van der Waals surface area contributed by atoms with Crippen molar-refractivity contribution >= 4 is 34.6 Å². The smallest absolute Gasteiger partial charge is 0.262 e. The topological polar surface area (TPSA) is 104 Å². The Bertz CT molecular complexity index is 1080. The number of hydrogen-bond donors (Lipinski definition) is 1. The van der Waals surface area contributed by atoms with Gasteiger partial charge in [0.05, 0.1) is 24.7 Å². The zero-order valence-corrected chi connectivity index (χ0v) is 19.3. The first-order valence-corrected chi connectivity index (χ1v) is 11.7. The van der Waals surface area contributed by atoms with Gasteiger partial charge in [-0.05, 0) is 36.8 Å². The van der Waals surface area contributed by atoms with Crippen molar-refractivity contribution in [3.05, 3.63) is 51.7 Å². The predicted octanol–water partition coefficient (Wildman–Crippen LogP) is 2.86. The minimum absolute atomic E-state index is 0.0655. The van der Waals surface area contributed by atoms with Crippen LogP contribution in [0.2, 0.25) is 0 Å². The lowest BCUT2D eigenvalue weighted by molar-refractivity contribution is -0.124. The Hall–Kier alpha value is -3.06. The Kier molecular flexibility index (Phi) is 7.18. The first-order valence-electron chi connectivity index (χ1n) is 10.9. The third-order valence-electron chi connectivity index (χ3n) is 5.90. The molecule has 1 aromatic heterocycles. The van der Waals surface area contributed by atoms with Crippen LogP contribution in [-0.4, -0.2) is 56.0 Å². The lowest BCUT2D eigenvalue weighted by Gasteiger charge is -2.27. The quantitative estimate of drug-likeness (QED) is 0.657. The highest BCUT2D eigenvalue weighted by atomic mass is 32.1. The molecule has 2 aliphatic heterocycles. The van der Waals surface area contributed by atoms with Gasteiger partial charge in [0.2, 0.25) is 6.19 Å². The van der Waals surface area contributed by atoms with Crippen LogP contribution in [0.3, 0.4) is 0 Å². The fraction of sp³-hybridized carbons (Fsp3) is 0.417. The molecule has 1 aromatic carbocycles. The number of carbonyl (C=O) groups is 2. The van der Waals surface area contributed by atoms with Gasteiger partial charge >= 0.3 is 0 Å². The fourth-order valence-electron chi connectivity index (χ4n) is 4.07. The molecule has 0 spiro atoms. The van der Waals surface area contributed by atoms with Gasteiger partial charge in [-0.15, -0.1) is 11.3 Å². The van der Waals surface area contributed by atoms with Crippen LogP contribution in [0.1, 0.15) is 33.0 Å². The predicted molar refractivity (Wildman–Crippen MR) is 126 cm³/mol. The summed E-state index contributed by atoms with van der Waals surface area (Å²) in [5.41, 5.74) is 0.731. The highest BCUT2D eigenvalue weighted by Crippen LogP contribution is 2.25. The van der Waals surface area contributed by atoms with Crippen LogP contribution in [0.15, 0.2) is 41.4 Å². The second kappa shape index (κ2) is 10.3. The summed E-state index contributed by atoms with van der Waals surface area (Å²) in [4.78, 5) is 33.6. The van der Waals surface area contributed by atoms with E-state index in [0.29, 0.717) is 49.9 Å². The zero-order valence-electron chi connectivity index (χ0n) is 18.5. The van der Waals surface area contributed by atoms with E-state index in [9.17, 15) is 9.59 Å². The standard InChI is InChI=1S/C24H26N4O4S/c1-17-2-7-20(33-17)23(30)27-24(9-12-32-15-24)21(29)14-18-3-5-19(6-4-18)28-10-13-31-11-8-22(28)26-16-25/h2-7H,8-15H2,1H3,(H,27,30)/t24-/m0/s1. The number of aryl methyl sites for hydroxylation is 1. The molecule has 0 radical (unpaired) electrons. The number of hydrogen-bond acceptors (Lipinski definition) is 7. The van der Waals surface area contributed by atoms with Crippen LogP contribution in [0, 0.1) is 18.4 Å². The van der Waals surface area contributed by atoms with Crippen molar-refractivity contribution in [1.29, 1.82) is 5.26 Å². The van der Waals surface area contributed by atoms with Gasteiger partial charge in [-0.25, -0.2) is 0 Å². The number of thiophene rings is 1. The lowest BCUT2D eigenvalue weighted by atomic mass is 9.88. The Morgan fingerprint density at radius 1 is 1.18 bits per heavy atom. The van der Waals surface area contributed by atoms with E-state index in [1.54, 1.807) is 6.07 Å². The van der Waals surface area contributed by atoms with Crippen LogP contribution in [0.4, 0.5) is 5.69 Å². The number of ether oxygens (including phenoxy) is 2. The number of nitrogens with one attached hydrogen (secondary N) is 1. The fourth-order valence-corrected chi connectivity index (χ4v) is 4.84. The second-order valence-electron chi connectivity index (χ2n) is 8.16. The molecule has 3 heterocycles. The van der Waals surface area contributed by atoms with Crippen LogP contribution < -0.4 is 10.2 Å². The third kappa shape index (κ3) is 5.30. The average Bonchev–Trinajstić information content (AvgIpc) is 3.40. The molecule has 8 nitrogen and oxygen atoms in total. The van der Waals surface area contributed by atoms with Crippen molar-refractivity contribution in [2.75, 3.05) is 37.9 Å². The summed E-state index contributed by atoms with van der Waals surface area (Å²) in [7, 11) is 0. The molecule has 0 aliphatic carbocycles. The van der Waals surface area contributed by atoms with Gasteiger partial charge in [-0.2, -0.15) is 10.3 Å². The molecule has 0 bridgehead atoms. The summed E-state index contributed by atoms with van der Waals surface area (Å²) in [5, 5.41) is 12.0. The molecule has 2 fully saturated rings. The summed E-state index contributed by atoms with van der Waals surface area (Å²) in [6.07, 6.45) is 3.09. The number of benzene rings is 1. The normalized spacial score (nSPS) is 22.1. The molecule has 33 heavy (non-hydrogen) atoms. The molecular formula is C24H26N4O4S. The Morgan fingerprint density at radius 3 is 2.67 bits per heavy atom. The van der Waals surface area contributed by atoms with E-state index in [1.165, 1.54) is 11.3 Å². The van der Waals surface area contributed by atoms with E-state index in [2.05, 4.69) is 10.3 Å². The molecule has 0 saturated carbocycles. The molecule has 1 N–H and O–H groups in total. The maximum absolute atomic E-state index is 13.3. The number of anilines is 1. The van der Waals surface area contributed by atoms with E-state index < -0.39 is 5.54 Å². The second-order valence-corrected chi connectivity index (χ2v) is 9.45. The lowest BCUT2D eigenvalue weighted by Crippen LogP contribution is -2.55. The number of Topliss-reactive ketones (excluding diaryl/α,β-unsaturated/α-hetero) is 1. The number of aliphatic imine (C=N–C) groups is 1. The van der Waals surface area contributed by atoms with Crippen LogP contribution in [0.5, 0.6) is 0 Å². The highest BCUT2D eigenvalue weighted by molar-refractivity contribution is 7.13. The van der Waals surface area contributed by atoms with Gasteiger partial charge in [0.15, 0.2) is 5.78 Å². The zero-order chi connectivity index (χ0) is 23.3. The summed E-state index contributed by atoms with van der Waals surface area (Å²) >= 11 is 1.41. The maximum atomic E-state index is 13.3. The molecule has 2 saturated heterocycles. The van der Waals surface area contributed by atoms with Crippen LogP contribution in [0.25, 0.3) is 0 Å². The molecule has 1 amide bonds. The monoisotopic (exact) mass is 466 g/mol. The first kappa shape index (κ1) is 23.1. The molecular weight excluding hydrogens is 440 g/mol. The number of rotatable bonds is 6. The number of amidine groups is 1. The van der Waals surface area contributed by atoms with E-state index in [-0.39, 0.29) is 24.7 Å². The highest BCUT2D eigenvalue weighted by Gasteiger charge is 2.43. The molecule has 1 atom stereocenters. The van der Waals surface area contributed by atoms with Crippen molar-refractivity contribution in [2.45, 2.75) is 31.7 Å². The van der Waals surface area contributed by atoms with Gasteiger partial charge < -0.3 is 19.7 Å². The van der Waals surface area contributed by atoms with Crippen molar-refractivity contribution in [2.24, 2.45) is 4.99 Å². The van der Waals surface area contributed by atoms with Crippen molar-refractivity contribution in [3.63, 3.8) is 0 Å². The van der Waals surface area contributed by atoms with Gasteiger partial charge in [-0.1, -0.05) is 12.1 Å². The molecule has 2 aliphatic rings. The van der Waals surface area contributed by atoms with E-state index in [4.69, 9.17) is 14.7 Å².